The monoisotopic (exact) mass is 159 g/mol. The third-order valence-electron chi connectivity index (χ3n) is 0.952. The molecule has 0 aromatic carbocycles. The summed E-state index contributed by atoms with van der Waals surface area (Å²) in [6, 6.07) is 0. The molecular formula is C5H11N4S+. The molecule has 0 fully saturated rings. The van der Waals surface area contributed by atoms with Crippen LogP contribution < -0.4 is 5.73 Å². The summed E-state index contributed by atoms with van der Waals surface area (Å²) in [6.45, 7) is 2.81. The molecule has 1 aromatic heterocycles. The fourth-order valence-corrected chi connectivity index (χ4v) is 1.19. The lowest BCUT2D eigenvalue weighted by atomic mass is 10.8. The Kier molecular flexibility index (Phi) is 2.70. The number of aryl methyl sites for hydroxylation is 1. The smallest absolute Gasteiger partial charge is 0.208 e. The first-order valence-electron chi connectivity index (χ1n) is 3.14. The third kappa shape index (κ3) is 2.00. The number of H-pyrrole nitrogens is 1. The molecule has 56 valence electrons. The van der Waals surface area contributed by atoms with E-state index in [0.717, 1.165) is 23.3 Å². The van der Waals surface area contributed by atoms with Crippen LogP contribution in [-0.4, -0.2) is 27.5 Å². The molecule has 4 N–H and O–H groups in total. The minimum Gasteiger partial charge on any atom is -0.357 e. The Hall–Kier alpha value is -0.550. The first-order chi connectivity index (χ1) is 4.83. The maximum Gasteiger partial charge on any atom is 0.208 e. The van der Waals surface area contributed by atoms with E-state index in [-0.39, 0.29) is 0 Å². The Morgan fingerprint density at radius 3 is 3.00 bits per heavy atom. The van der Waals surface area contributed by atoms with E-state index in [0.29, 0.717) is 0 Å². The van der Waals surface area contributed by atoms with Crippen LogP contribution in [0.5, 0.6) is 0 Å². The van der Waals surface area contributed by atoms with E-state index in [2.05, 4.69) is 20.9 Å². The van der Waals surface area contributed by atoms with Crippen molar-refractivity contribution >= 4 is 11.8 Å². The van der Waals surface area contributed by atoms with Gasteiger partial charge in [-0.2, -0.15) is 0 Å². The highest BCUT2D eigenvalue weighted by molar-refractivity contribution is 7.99. The average Bonchev–Trinajstić information content (AvgIpc) is 2.31. The van der Waals surface area contributed by atoms with Gasteiger partial charge in [0.2, 0.25) is 5.16 Å². The van der Waals surface area contributed by atoms with E-state index >= 15 is 0 Å². The molecule has 0 saturated heterocycles. The summed E-state index contributed by atoms with van der Waals surface area (Å²) in [5.74, 6) is 1.85. The summed E-state index contributed by atoms with van der Waals surface area (Å²) in [7, 11) is 0. The predicted molar refractivity (Wildman–Crippen MR) is 39.6 cm³/mol. The minimum absolute atomic E-state index is 0.821. The van der Waals surface area contributed by atoms with Gasteiger partial charge in [0.15, 0.2) is 0 Å². The molecule has 0 aliphatic rings. The van der Waals surface area contributed by atoms with Crippen LogP contribution >= 0.6 is 11.8 Å². The van der Waals surface area contributed by atoms with E-state index in [1.54, 1.807) is 11.8 Å². The predicted octanol–water partition coefficient (Wildman–Crippen LogP) is -0.553. The van der Waals surface area contributed by atoms with Gasteiger partial charge in [-0.25, -0.2) is 4.98 Å². The van der Waals surface area contributed by atoms with Gasteiger partial charge in [-0.05, 0) is 6.92 Å². The van der Waals surface area contributed by atoms with Gasteiger partial charge in [-0.1, -0.05) is 11.8 Å². The van der Waals surface area contributed by atoms with Crippen LogP contribution in [-0.2, 0) is 0 Å². The normalized spacial score (nSPS) is 10.2. The highest BCUT2D eigenvalue weighted by Crippen LogP contribution is 2.09. The molecule has 0 saturated carbocycles. The lowest BCUT2D eigenvalue weighted by molar-refractivity contribution is -0.360. The highest BCUT2D eigenvalue weighted by Gasteiger charge is 1.98. The minimum atomic E-state index is 0.821. The number of hydrogen-bond acceptors (Lipinski definition) is 3. The van der Waals surface area contributed by atoms with E-state index in [4.69, 9.17) is 0 Å². The molecule has 0 aliphatic carbocycles. The molecule has 0 spiro atoms. The van der Waals surface area contributed by atoms with Crippen molar-refractivity contribution in [2.45, 2.75) is 12.1 Å². The van der Waals surface area contributed by atoms with E-state index in [1.807, 2.05) is 6.92 Å². The molecule has 0 amide bonds. The largest absolute Gasteiger partial charge is 0.357 e. The standard InChI is InChI=1S/C5H10N4S/c1-4-7-5(9-8-4)10-3-2-6/h2-3,6H2,1H3,(H,7,8,9)/p+1. The van der Waals surface area contributed by atoms with Gasteiger partial charge in [0.05, 0.1) is 12.3 Å². The lowest BCUT2D eigenvalue weighted by Crippen LogP contribution is -2.51. The van der Waals surface area contributed by atoms with Crippen LogP contribution in [0.3, 0.4) is 0 Å². The summed E-state index contributed by atoms with van der Waals surface area (Å²) >= 11 is 1.63. The van der Waals surface area contributed by atoms with Crippen LogP contribution in [0.2, 0.25) is 0 Å². The van der Waals surface area contributed by atoms with Crippen molar-refractivity contribution in [3.8, 4) is 0 Å². The van der Waals surface area contributed by atoms with Crippen LogP contribution in [0.25, 0.3) is 0 Å². The number of nitrogens with one attached hydrogen (secondary N) is 1. The molecule has 1 rings (SSSR count). The van der Waals surface area contributed by atoms with Gasteiger partial charge in [-0.15, -0.1) is 5.10 Å². The fraction of sp³-hybridized carbons (Fsp3) is 0.600. The molecular weight excluding hydrogens is 148 g/mol. The molecule has 4 nitrogen and oxygen atoms in total. The number of thioether (sulfide) groups is 1. The second-order valence-electron chi connectivity index (χ2n) is 1.91. The summed E-state index contributed by atoms with van der Waals surface area (Å²) in [6.07, 6.45) is 0. The van der Waals surface area contributed by atoms with Gasteiger partial charge in [-0.3, -0.25) is 5.10 Å². The van der Waals surface area contributed by atoms with Crippen LogP contribution in [0.15, 0.2) is 5.16 Å². The zero-order valence-corrected chi connectivity index (χ0v) is 6.74. The molecule has 0 aliphatic heterocycles. The van der Waals surface area contributed by atoms with Gasteiger partial charge < -0.3 is 5.73 Å². The summed E-state index contributed by atoms with van der Waals surface area (Å²) in [5.41, 5.74) is 3.72. The molecule has 10 heavy (non-hydrogen) atoms. The summed E-state index contributed by atoms with van der Waals surface area (Å²) in [5, 5.41) is 7.55. The zero-order valence-electron chi connectivity index (χ0n) is 5.92. The van der Waals surface area contributed by atoms with Crippen molar-refractivity contribution < 1.29 is 5.73 Å². The molecule has 0 atom stereocenters. The molecule has 1 aromatic rings. The average molecular weight is 159 g/mol. The van der Waals surface area contributed by atoms with Crippen molar-refractivity contribution in [3.63, 3.8) is 0 Å². The number of aromatic nitrogens is 3. The van der Waals surface area contributed by atoms with Crippen molar-refractivity contribution in [2.24, 2.45) is 0 Å². The molecule has 1 heterocycles. The third-order valence-corrected chi connectivity index (χ3v) is 1.89. The first-order valence-corrected chi connectivity index (χ1v) is 4.12. The highest BCUT2D eigenvalue weighted by atomic mass is 32.2. The Morgan fingerprint density at radius 2 is 2.50 bits per heavy atom. The first kappa shape index (κ1) is 7.56. The zero-order chi connectivity index (χ0) is 7.40. The Balaban J connectivity index is 2.42. The molecule has 0 bridgehead atoms. The number of nitrogens with zero attached hydrogens (tertiary/aromatic N) is 2. The molecule has 0 unspecified atom stereocenters. The number of rotatable bonds is 3. The topological polar surface area (TPSA) is 69.2 Å². The van der Waals surface area contributed by atoms with Gasteiger partial charge >= 0.3 is 0 Å². The molecule has 0 radical (unpaired) electrons. The number of quaternary nitrogens is 1. The van der Waals surface area contributed by atoms with E-state index in [1.165, 1.54) is 0 Å². The second-order valence-corrected chi connectivity index (χ2v) is 2.97. The maximum atomic E-state index is 4.12. The van der Waals surface area contributed by atoms with Crippen molar-refractivity contribution in [1.82, 2.24) is 15.2 Å². The van der Waals surface area contributed by atoms with Crippen LogP contribution in [0, 0.1) is 6.92 Å². The summed E-state index contributed by atoms with van der Waals surface area (Å²) in [4.78, 5) is 4.12. The Labute approximate surface area is 63.6 Å². The van der Waals surface area contributed by atoms with E-state index in [9.17, 15) is 0 Å². The second kappa shape index (κ2) is 3.58. The Bertz CT molecular complexity index is 197. The number of hydrogen-bond donors (Lipinski definition) is 2. The van der Waals surface area contributed by atoms with Crippen LogP contribution in [0.1, 0.15) is 5.82 Å². The number of aromatic amines is 1. The molecule has 5 heteroatoms. The maximum absolute atomic E-state index is 4.12. The van der Waals surface area contributed by atoms with Crippen molar-refractivity contribution in [1.29, 1.82) is 0 Å². The van der Waals surface area contributed by atoms with Crippen molar-refractivity contribution in [3.05, 3.63) is 5.82 Å². The van der Waals surface area contributed by atoms with Gasteiger partial charge in [0, 0.05) is 0 Å². The van der Waals surface area contributed by atoms with Gasteiger partial charge in [0.1, 0.15) is 5.82 Å². The van der Waals surface area contributed by atoms with E-state index < -0.39 is 0 Å². The van der Waals surface area contributed by atoms with Crippen molar-refractivity contribution in [2.75, 3.05) is 12.3 Å². The van der Waals surface area contributed by atoms with Crippen LogP contribution in [0.4, 0.5) is 0 Å². The summed E-state index contributed by atoms with van der Waals surface area (Å²) < 4.78 is 0. The van der Waals surface area contributed by atoms with Gasteiger partial charge in [0.25, 0.3) is 0 Å². The SMILES string of the molecule is Cc1nc(SCC[NH3+])n[nH]1. The Morgan fingerprint density at radius 1 is 1.70 bits per heavy atom. The lowest BCUT2D eigenvalue weighted by Gasteiger charge is -1.86. The fourth-order valence-electron chi connectivity index (χ4n) is 0.550. The quantitative estimate of drug-likeness (QED) is 0.581.